The Morgan fingerprint density at radius 2 is 2.00 bits per heavy atom. The van der Waals surface area contributed by atoms with Gasteiger partial charge in [0.05, 0.1) is 25.4 Å². The van der Waals surface area contributed by atoms with Gasteiger partial charge in [-0.15, -0.1) is 17.5 Å². The number of benzene rings is 1. The summed E-state index contributed by atoms with van der Waals surface area (Å²) in [5, 5.41) is 11.5. The second-order valence-corrected chi connectivity index (χ2v) is 6.85. The smallest absolute Gasteiger partial charge is 0.276 e. The number of rotatable bonds is 3. The van der Waals surface area contributed by atoms with E-state index in [1.165, 1.54) is 6.07 Å². The van der Waals surface area contributed by atoms with Crippen molar-refractivity contribution in [3.05, 3.63) is 47.3 Å². The third-order valence-electron chi connectivity index (χ3n) is 5.08. The molecule has 10 heteroatoms. The lowest BCUT2D eigenvalue weighted by molar-refractivity contribution is -0.0231. The van der Waals surface area contributed by atoms with Gasteiger partial charge in [0, 0.05) is 6.54 Å². The monoisotopic (exact) mass is 413 g/mol. The van der Waals surface area contributed by atoms with Gasteiger partial charge in [0.25, 0.3) is 5.91 Å². The fraction of sp³-hybridized carbons (Fsp3) is 0.500. The van der Waals surface area contributed by atoms with Crippen LogP contribution >= 0.6 is 12.4 Å². The number of carbonyl (C=O) groups is 1. The van der Waals surface area contributed by atoms with Crippen molar-refractivity contribution in [3.8, 4) is 0 Å². The van der Waals surface area contributed by atoms with Crippen LogP contribution in [0.2, 0.25) is 0 Å². The second kappa shape index (κ2) is 8.93. The average Bonchev–Trinajstić information content (AvgIpc) is 3.20. The van der Waals surface area contributed by atoms with E-state index in [4.69, 9.17) is 4.74 Å². The van der Waals surface area contributed by atoms with E-state index < -0.39 is 17.7 Å². The Morgan fingerprint density at radius 1 is 1.21 bits per heavy atom. The number of carbonyl (C=O) groups excluding carboxylic acids is 1. The van der Waals surface area contributed by atoms with Gasteiger partial charge < -0.3 is 15.0 Å². The van der Waals surface area contributed by atoms with Gasteiger partial charge in [-0.1, -0.05) is 11.3 Å². The lowest BCUT2D eigenvalue weighted by Gasteiger charge is -2.32. The average molecular weight is 414 g/mol. The Hall–Kier alpha value is -2.10. The van der Waals surface area contributed by atoms with Crippen LogP contribution in [0.5, 0.6) is 0 Å². The molecule has 1 aromatic heterocycles. The van der Waals surface area contributed by atoms with E-state index in [-0.39, 0.29) is 30.9 Å². The topological polar surface area (TPSA) is 72.3 Å². The molecule has 2 fully saturated rings. The molecule has 0 aliphatic carbocycles. The summed E-state index contributed by atoms with van der Waals surface area (Å²) in [6, 6.07) is 3.91. The van der Waals surface area contributed by atoms with E-state index in [1.807, 2.05) is 0 Å². The van der Waals surface area contributed by atoms with E-state index in [1.54, 1.807) is 15.8 Å². The quantitative estimate of drug-likeness (QED) is 0.834. The van der Waals surface area contributed by atoms with Crippen LogP contribution in [0.15, 0.2) is 24.4 Å². The number of hydrogen-bond acceptors (Lipinski definition) is 5. The van der Waals surface area contributed by atoms with Gasteiger partial charge in [0.1, 0.15) is 6.10 Å². The molecule has 2 aliphatic rings. The van der Waals surface area contributed by atoms with Gasteiger partial charge in [-0.25, -0.2) is 13.5 Å². The lowest BCUT2D eigenvalue weighted by Crippen LogP contribution is -2.42. The molecule has 0 bridgehead atoms. The SMILES string of the molecule is Cl.O=C(c1cn(C2CCNCC2)nn1)N1CCOC(c2ccc(F)c(F)c2)C1. The molecule has 28 heavy (non-hydrogen) atoms. The highest BCUT2D eigenvalue weighted by Gasteiger charge is 2.29. The van der Waals surface area contributed by atoms with E-state index in [2.05, 4.69) is 15.6 Å². The maximum absolute atomic E-state index is 13.5. The number of amides is 1. The van der Waals surface area contributed by atoms with Crippen LogP contribution < -0.4 is 5.32 Å². The van der Waals surface area contributed by atoms with Crippen molar-refractivity contribution < 1.29 is 18.3 Å². The van der Waals surface area contributed by atoms with Gasteiger partial charge in [0.15, 0.2) is 17.3 Å². The first kappa shape index (κ1) is 20.6. The number of morpholine rings is 1. The molecule has 0 saturated carbocycles. The van der Waals surface area contributed by atoms with Crippen LogP contribution in [-0.4, -0.2) is 58.6 Å². The first-order chi connectivity index (χ1) is 13.1. The highest BCUT2D eigenvalue weighted by atomic mass is 35.5. The molecule has 1 amide bonds. The highest BCUT2D eigenvalue weighted by Crippen LogP contribution is 2.25. The molecule has 1 atom stereocenters. The highest BCUT2D eigenvalue weighted by molar-refractivity contribution is 5.92. The van der Waals surface area contributed by atoms with Crippen LogP contribution in [0.3, 0.4) is 0 Å². The molecule has 0 spiro atoms. The summed E-state index contributed by atoms with van der Waals surface area (Å²) >= 11 is 0. The molecule has 2 aliphatic heterocycles. The third-order valence-corrected chi connectivity index (χ3v) is 5.08. The number of hydrogen-bond donors (Lipinski definition) is 1. The number of piperidine rings is 1. The first-order valence-corrected chi connectivity index (χ1v) is 9.10. The van der Waals surface area contributed by atoms with Crippen molar-refractivity contribution in [1.82, 2.24) is 25.2 Å². The molecule has 152 valence electrons. The zero-order valence-electron chi connectivity index (χ0n) is 15.2. The number of nitrogens with zero attached hydrogens (tertiary/aromatic N) is 4. The Kier molecular flexibility index (Phi) is 6.58. The molecule has 2 aromatic rings. The largest absolute Gasteiger partial charge is 0.370 e. The van der Waals surface area contributed by atoms with E-state index >= 15 is 0 Å². The van der Waals surface area contributed by atoms with Crippen molar-refractivity contribution in [2.75, 3.05) is 32.8 Å². The van der Waals surface area contributed by atoms with Crippen LogP contribution in [0.1, 0.15) is 41.0 Å². The van der Waals surface area contributed by atoms with Crippen molar-refractivity contribution in [1.29, 1.82) is 0 Å². The zero-order valence-corrected chi connectivity index (χ0v) is 16.0. The second-order valence-electron chi connectivity index (χ2n) is 6.85. The molecule has 2 saturated heterocycles. The molecule has 1 aromatic carbocycles. The summed E-state index contributed by atoms with van der Waals surface area (Å²) in [4.78, 5) is 14.4. The number of halogens is 3. The first-order valence-electron chi connectivity index (χ1n) is 9.10. The molecule has 0 radical (unpaired) electrons. The van der Waals surface area contributed by atoms with Gasteiger partial charge >= 0.3 is 0 Å². The molecule has 1 unspecified atom stereocenters. The van der Waals surface area contributed by atoms with Crippen LogP contribution in [0, 0.1) is 11.6 Å². The van der Waals surface area contributed by atoms with E-state index in [0.29, 0.717) is 24.4 Å². The minimum atomic E-state index is -0.926. The number of ether oxygens (including phenoxy) is 1. The minimum Gasteiger partial charge on any atom is -0.370 e. The van der Waals surface area contributed by atoms with Crippen LogP contribution in [-0.2, 0) is 4.74 Å². The lowest BCUT2D eigenvalue weighted by atomic mass is 10.1. The van der Waals surface area contributed by atoms with Crippen molar-refractivity contribution in [2.45, 2.75) is 25.0 Å². The number of aromatic nitrogens is 3. The molecular formula is C18H22ClF2N5O2. The molecule has 4 rings (SSSR count). The summed E-state index contributed by atoms with van der Waals surface area (Å²) in [6.07, 6.45) is 3.09. The van der Waals surface area contributed by atoms with Crippen LogP contribution in [0.25, 0.3) is 0 Å². The summed E-state index contributed by atoms with van der Waals surface area (Å²) in [5.41, 5.74) is 0.796. The van der Waals surface area contributed by atoms with Crippen molar-refractivity contribution >= 4 is 18.3 Å². The van der Waals surface area contributed by atoms with Gasteiger partial charge in [-0.05, 0) is 43.6 Å². The maximum Gasteiger partial charge on any atom is 0.276 e. The van der Waals surface area contributed by atoms with Crippen molar-refractivity contribution in [3.63, 3.8) is 0 Å². The summed E-state index contributed by atoms with van der Waals surface area (Å²) in [7, 11) is 0. The Morgan fingerprint density at radius 3 is 2.75 bits per heavy atom. The fourth-order valence-electron chi connectivity index (χ4n) is 3.53. The van der Waals surface area contributed by atoms with Crippen molar-refractivity contribution in [2.24, 2.45) is 0 Å². The Bertz CT molecular complexity index is 828. The van der Waals surface area contributed by atoms with Gasteiger partial charge in [-0.3, -0.25) is 4.79 Å². The minimum absolute atomic E-state index is 0. The zero-order chi connectivity index (χ0) is 18.8. The summed E-state index contributed by atoms with van der Waals surface area (Å²) in [6.45, 7) is 2.83. The third kappa shape index (κ3) is 4.31. The maximum atomic E-state index is 13.5. The van der Waals surface area contributed by atoms with Gasteiger partial charge in [0.2, 0.25) is 0 Å². The summed E-state index contributed by atoms with van der Waals surface area (Å²) in [5.74, 6) is -2.06. The standard InChI is InChI=1S/C18H21F2N5O2.ClH/c19-14-2-1-12(9-15(14)20)17-11-24(7-8-27-17)18(26)16-10-25(23-22-16)13-3-5-21-6-4-13;/h1-2,9-10,13,17,21H,3-8,11H2;1H. The summed E-state index contributed by atoms with van der Waals surface area (Å²) < 4.78 is 34.1. The predicted molar refractivity (Wildman–Crippen MR) is 99.4 cm³/mol. The number of nitrogens with one attached hydrogen (secondary N) is 1. The molecule has 7 nitrogen and oxygen atoms in total. The molecule has 1 N–H and O–H groups in total. The fourth-order valence-corrected chi connectivity index (χ4v) is 3.53. The van der Waals surface area contributed by atoms with Crippen LogP contribution in [0.4, 0.5) is 8.78 Å². The Balaban J connectivity index is 0.00000225. The van der Waals surface area contributed by atoms with E-state index in [9.17, 15) is 13.6 Å². The molecule has 3 heterocycles. The Labute approximate surface area is 167 Å². The normalized spacial score (nSPS) is 20.6. The van der Waals surface area contributed by atoms with Gasteiger partial charge in [-0.2, -0.15) is 0 Å². The predicted octanol–water partition coefficient (Wildman–Crippen LogP) is 2.12. The molecular weight excluding hydrogens is 392 g/mol. The van der Waals surface area contributed by atoms with E-state index in [0.717, 1.165) is 38.1 Å².